The summed E-state index contributed by atoms with van der Waals surface area (Å²) in [6.45, 7) is 0.0543. The Bertz CT molecular complexity index is 1050. The molecule has 0 fully saturated rings. The SMILES string of the molecule is NS(=O)(=O)c1ccc(/C=C/C(=O)OCC(=O)NCC2COc3ccccc3O2)cc1. The summed E-state index contributed by atoms with van der Waals surface area (Å²) >= 11 is 0. The van der Waals surface area contributed by atoms with E-state index in [4.69, 9.17) is 19.3 Å². The number of carbonyl (C=O) groups is 2. The molecule has 0 bridgehead atoms. The van der Waals surface area contributed by atoms with Crippen molar-refractivity contribution in [2.24, 2.45) is 5.14 Å². The number of primary sulfonamides is 1. The van der Waals surface area contributed by atoms with Crippen LogP contribution in [0.4, 0.5) is 0 Å². The van der Waals surface area contributed by atoms with Crippen LogP contribution in [0.15, 0.2) is 59.5 Å². The molecule has 9 nitrogen and oxygen atoms in total. The first kappa shape index (κ1) is 21.3. The lowest BCUT2D eigenvalue weighted by atomic mass is 10.2. The van der Waals surface area contributed by atoms with Crippen molar-refractivity contribution in [2.45, 2.75) is 11.0 Å². The van der Waals surface area contributed by atoms with Gasteiger partial charge in [-0.25, -0.2) is 18.4 Å². The molecule has 3 N–H and O–H groups in total. The van der Waals surface area contributed by atoms with E-state index >= 15 is 0 Å². The summed E-state index contributed by atoms with van der Waals surface area (Å²) in [5, 5.41) is 7.64. The van der Waals surface area contributed by atoms with E-state index < -0.39 is 28.5 Å². The van der Waals surface area contributed by atoms with Crippen LogP contribution >= 0.6 is 0 Å². The van der Waals surface area contributed by atoms with E-state index in [0.717, 1.165) is 6.08 Å². The lowest BCUT2D eigenvalue weighted by Crippen LogP contribution is -2.42. The minimum atomic E-state index is -3.77. The molecule has 0 radical (unpaired) electrons. The standard InChI is InChI=1S/C20H20N2O7S/c21-30(25,26)16-8-5-14(6-9-16)7-10-20(24)28-13-19(23)22-11-15-12-27-17-3-1-2-4-18(17)29-15/h1-10,15H,11-13H2,(H,22,23)(H2,21,25,26)/b10-7+. The van der Waals surface area contributed by atoms with Crippen LogP contribution in [-0.2, 0) is 24.3 Å². The van der Waals surface area contributed by atoms with Crippen molar-refractivity contribution in [3.8, 4) is 11.5 Å². The lowest BCUT2D eigenvalue weighted by Gasteiger charge is -2.26. The third-order valence-electron chi connectivity index (χ3n) is 4.06. The highest BCUT2D eigenvalue weighted by atomic mass is 32.2. The van der Waals surface area contributed by atoms with E-state index in [9.17, 15) is 18.0 Å². The monoisotopic (exact) mass is 432 g/mol. The van der Waals surface area contributed by atoms with Crippen LogP contribution in [0.5, 0.6) is 11.5 Å². The Balaban J connectivity index is 1.39. The van der Waals surface area contributed by atoms with E-state index in [0.29, 0.717) is 23.7 Å². The minimum Gasteiger partial charge on any atom is -0.486 e. The average molecular weight is 432 g/mol. The molecule has 3 rings (SSSR count). The number of sulfonamides is 1. The highest BCUT2D eigenvalue weighted by molar-refractivity contribution is 7.89. The van der Waals surface area contributed by atoms with Gasteiger partial charge in [0.15, 0.2) is 18.1 Å². The molecule has 1 unspecified atom stereocenters. The molecule has 0 saturated heterocycles. The van der Waals surface area contributed by atoms with Crippen molar-refractivity contribution in [1.82, 2.24) is 5.32 Å². The Hall–Kier alpha value is -3.37. The molecule has 1 amide bonds. The molecule has 1 aliphatic heterocycles. The number of rotatable bonds is 7. The van der Waals surface area contributed by atoms with Crippen LogP contribution in [0, 0.1) is 0 Å². The molecule has 10 heteroatoms. The van der Waals surface area contributed by atoms with E-state index in [-0.39, 0.29) is 17.5 Å². The molecule has 2 aromatic carbocycles. The fraction of sp³-hybridized carbons (Fsp3) is 0.200. The van der Waals surface area contributed by atoms with Gasteiger partial charge in [-0.1, -0.05) is 24.3 Å². The maximum atomic E-state index is 11.9. The summed E-state index contributed by atoms with van der Waals surface area (Å²) in [6.07, 6.45) is 2.21. The lowest BCUT2D eigenvalue weighted by molar-refractivity contribution is -0.143. The van der Waals surface area contributed by atoms with Gasteiger partial charge in [-0.15, -0.1) is 0 Å². The van der Waals surface area contributed by atoms with Crippen LogP contribution in [-0.4, -0.2) is 46.2 Å². The molecule has 30 heavy (non-hydrogen) atoms. The number of fused-ring (bicyclic) bond motifs is 1. The van der Waals surface area contributed by atoms with Gasteiger partial charge in [-0.2, -0.15) is 0 Å². The highest BCUT2D eigenvalue weighted by Crippen LogP contribution is 2.30. The van der Waals surface area contributed by atoms with Crippen LogP contribution in [0.2, 0.25) is 0 Å². The largest absolute Gasteiger partial charge is 0.486 e. The highest BCUT2D eigenvalue weighted by Gasteiger charge is 2.21. The molecule has 0 aliphatic carbocycles. The Morgan fingerprint density at radius 1 is 1.13 bits per heavy atom. The Morgan fingerprint density at radius 2 is 1.83 bits per heavy atom. The molecule has 1 heterocycles. The topological polar surface area (TPSA) is 134 Å². The molecular weight excluding hydrogens is 412 g/mol. The smallest absolute Gasteiger partial charge is 0.331 e. The average Bonchev–Trinajstić information content (AvgIpc) is 2.74. The van der Waals surface area contributed by atoms with Gasteiger partial charge >= 0.3 is 5.97 Å². The zero-order valence-corrected chi connectivity index (χ0v) is 16.6. The minimum absolute atomic E-state index is 0.0327. The predicted molar refractivity (Wildman–Crippen MR) is 107 cm³/mol. The fourth-order valence-electron chi connectivity index (χ4n) is 2.56. The van der Waals surface area contributed by atoms with Gasteiger partial charge in [-0.05, 0) is 35.9 Å². The quantitative estimate of drug-likeness (QED) is 0.489. The first-order valence-electron chi connectivity index (χ1n) is 8.94. The summed E-state index contributed by atoms with van der Waals surface area (Å²) < 4.78 is 38.6. The molecule has 2 aromatic rings. The molecule has 158 valence electrons. The number of carbonyl (C=O) groups excluding carboxylic acids is 2. The zero-order valence-electron chi connectivity index (χ0n) is 15.8. The number of nitrogens with one attached hydrogen (secondary N) is 1. The molecule has 0 aromatic heterocycles. The predicted octanol–water partition coefficient (Wildman–Crippen LogP) is 0.847. The zero-order chi connectivity index (χ0) is 21.6. The third-order valence-corrected chi connectivity index (χ3v) is 4.99. The van der Waals surface area contributed by atoms with Crippen LogP contribution in [0.25, 0.3) is 6.08 Å². The number of para-hydroxylation sites is 2. The summed E-state index contributed by atoms with van der Waals surface area (Å²) in [5.74, 6) is 0.0697. The summed E-state index contributed by atoms with van der Waals surface area (Å²) in [6, 6.07) is 12.9. The Labute approximate surface area is 173 Å². The number of benzene rings is 2. The van der Waals surface area contributed by atoms with Gasteiger partial charge in [0.25, 0.3) is 5.91 Å². The second-order valence-electron chi connectivity index (χ2n) is 6.36. The van der Waals surface area contributed by atoms with E-state index in [1.165, 1.54) is 30.3 Å². The van der Waals surface area contributed by atoms with Crippen LogP contribution in [0.3, 0.4) is 0 Å². The summed E-state index contributed by atoms with van der Waals surface area (Å²) in [7, 11) is -3.77. The van der Waals surface area contributed by atoms with Crippen molar-refractivity contribution in [3.05, 3.63) is 60.2 Å². The number of hydrogen-bond acceptors (Lipinski definition) is 7. The normalized spacial score (nSPS) is 15.6. The molecular formula is C20H20N2O7S. The number of nitrogens with two attached hydrogens (primary N) is 1. The van der Waals surface area contributed by atoms with Crippen molar-refractivity contribution in [2.75, 3.05) is 19.8 Å². The van der Waals surface area contributed by atoms with Crippen LogP contribution < -0.4 is 19.9 Å². The fourth-order valence-corrected chi connectivity index (χ4v) is 3.08. The molecule has 0 spiro atoms. The van der Waals surface area contributed by atoms with Crippen molar-refractivity contribution < 1.29 is 32.2 Å². The molecule has 0 saturated carbocycles. The summed E-state index contributed by atoms with van der Waals surface area (Å²) in [5.41, 5.74) is 0.568. The van der Waals surface area contributed by atoms with E-state index in [2.05, 4.69) is 5.32 Å². The first-order chi connectivity index (χ1) is 14.3. The van der Waals surface area contributed by atoms with Gasteiger partial charge < -0.3 is 19.5 Å². The van der Waals surface area contributed by atoms with E-state index in [1.807, 2.05) is 12.1 Å². The maximum Gasteiger partial charge on any atom is 0.331 e. The second kappa shape index (κ2) is 9.42. The van der Waals surface area contributed by atoms with Crippen molar-refractivity contribution in [3.63, 3.8) is 0 Å². The van der Waals surface area contributed by atoms with Crippen molar-refractivity contribution >= 4 is 28.0 Å². The number of hydrogen-bond donors (Lipinski definition) is 2. The first-order valence-corrected chi connectivity index (χ1v) is 10.5. The summed E-state index contributed by atoms with van der Waals surface area (Å²) in [4.78, 5) is 23.6. The van der Waals surface area contributed by atoms with E-state index in [1.54, 1.807) is 12.1 Å². The Kier molecular flexibility index (Phi) is 6.70. The van der Waals surface area contributed by atoms with Gasteiger partial charge in [-0.3, -0.25) is 4.79 Å². The Morgan fingerprint density at radius 3 is 2.53 bits per heavy atom. The number of esters is 1. The third kappa shape index (κ3) is 6.06. The van der Waals surface area contributed by atoms with Gasteiger partial charge in [0, 0.05) is 6.08 Å². The maximum absolute atomic E-state index is 11.9. The van der Waals surface area contributed by atoms with Gasteiger partial charge in [0.1, 0.15) is 12.7 Å². The molecule has 1 aliphatic rings. The van der Waals surface area contributed by atoms with Crippen molar-refractivity contribution in [1.29, 1.82) is 0 Å². The van der Waals surface area contributed by atoms with Gasteiger partial charge in [0.05, 0.1) is 11.4 Å². The number of amides is 1. The molecule has 1 atom stereocenters. The number of ether oxygens (including phenoxy) is 3. The second-order valence-corrected chi connectivity index (χ2v) is 7.92. The van der Waals surface area contributed by atoms with Gasteiger partial charge in [0.2, 0.25) is 10.0 Å². The van der Waals surface area contributed by atoms with Crippen LogP contribution in [0.1, 0.15) is 5.56 Å².